The van der Waals surface area contributed by atoms with Crippen LogP contribution in [0.25, 0.3) is 0 Å². The smallest absolute Gasteiger partial charge is 0.149 e. The average molecular weight is 249 g/mol. The van der Waals surface area contributed by atoms with Crippen molar-refractivity contribution in [1.29, 1.82) is 0 Å². The van der Waals surface area contributed by atoms with E-state index < -0.39 is 0 Å². The van der Waals surface area contributed by atoms with Crippen LogP contribution in [0.15, 0.2) is 23.3 Å². The van der Waals surface area contributed by atoms with Gasteiger partial charge in [-0.2, -0.15) is 0 Å². The average Bonchev–Trinajstić information content (AvgIpc) is 2.83. The van der Waals surface area contributed by atoms with E-state index in [-0.39, 0.29) is 0 Å². The van der Waals surface area contributed by atoms with Gasteiger partial charge in [0.2, 0.25) is 0 Å². The van der Waals surface area contributed by atoms with Crippen LogP contribution in [0, 0.1) is 0 Å². The number of nitrogens with one attached hydrogen (secondary N) is 1. The summed E-state index contributed by atoms with van der Waals surface area (Å²) in [6.07, 6.45) is 3.48. The van der Waals surface area contributed by atoms with Gasteiger partial charge in [0.1, 0.15) is 11.6 Å². The van der Waals surface area contributed by atoms with E-state index in [0.717, 1.165) is 30.4 Å². The fourth-order valence-electron chi connectivity index (χ4n) is 1.45. The van der Waals surface area contributed by atoms with Crippen LogP contribution in [-0.4, -0.2) is 28.5 Å². The molecule has 2 heterocycles. The Balaban J connectivity index is 2.07. The second kappa shape index (κ2) is 5.58. The van der Waals surface area contributed by atoms with Crippen molar-refractivity contribution in [2.24, 2.45) is 0 Å². The summed E-state index contributed by atoms with van der Waals surface area (Å²) < 4.78 is 0. The lowest BCUT2D eigenvalue weighted by molar-refractivity contribution is 0.867. The first-order valence-corrected chi connectivity index (χ1v) is 6.38. The van der Waals surface area contributed by atoms with Crippen molar-refractivity contribution < 1.29 is 0 Å². The summed E-state index contributed by atoms with van der Waals surface area (Å²) in [7, 11) is 1.99. The molecule has 0 spiro atoms. The van der Waals surface area contributed by atoms with Gasteiger partial charge in [-0.1, -0.05) is 0 Å². The molecule has 2 rings (SSSR count). The molecule has 1 N–H and O–H groups in total. The SMILES string of the molecule is CCNc1cncc(N(C)Cc2cscn2)n1. The number of aromatic nitrogens is 3. The highest BCUT2D eigenvalue weighted by atomic mass is 32.1. The minimum absolute atomic E-state index is 0.744. The van der Waals surface area contributed by atoms with Crippen LogP contribution in [0.4, 0.5) is 11.6 Å². The molecule has 5 nitrogen and oxygen atoms in total. The van der Waals surface area contributed by atoms with Crippen LogP contribution < -0.4 is 10.2 Å². The highest BCUT2D eigenvalue weighted by Crippen LogP contribution is 2.13. The maximum absolute atomic E-state index is 4.47. The first kappa shape index (κ1) is 11.8. The quantitative estimate of drug-likeness (QED) is 0.878. The lowest BCUT2D eigenvalue weighted by Gasteiger charge is -2.17. The second-order valence-corrected chi connectivity index (χ2v) is 4.35. The number of anilines is 2. The van der Waals surface area contributed by atoms with Crippen molar-refractivity contribution in [3.63, 3.8) is 0 Å². The van der Waals surface area contributed by atoms with Gasteiger partial charge in [-0.25, -0.2) is 9.97 Å². The third-order valence-electron chi connectivity index (χ3n) is 2.25. The first-order valence-electron chi connectivity index (χ1n) is 5.43. The van der Waals surface area contributed by atoms with E-state index in [1.54, 1.807) is 23.7 Å². The Labute approximate surface area is 105 Å². The van der Waals surface area contributed by atoms with Gasteiger partial charge >= 0.3 is 0 Å². The van der Waals surface area contributed by atoms with Crippen molar-refractivity contribution in [2.75, 3.05) is 23.8 Å². The fraction of sp³-hybridized carbons (Fsp3) is 0.364. The maximum atomic E-state index is 4.47. The van der Waals surface area contributed by atoms with Crippen LogP contribution in [-0.2, 0) is 6.54 Å². The summed E-state index contributed by atoms with van der Waals surface area (Å²) in [5, 5.41) is 5.19. The Morgan fingerprint density at radius 2 is 2.29 bits per heavy atom. The summed E-state index contributed by atoms with van der Waals surface area (Å²) >= 11 is 1.60. The molecule has 0 aliphatic rings. The van der Waals surface area contributed by atoms with Crippen molar-refractivity contribution in [3.05, 3.63) is 29.0 Å². The monoisotopic (exact) mass is 249 g/mol. The molecule has 0 fully saturated rings. The topological polar surface area (TPSA) is 53.9 Å². The van der Waals surface area contributed by atoms with Gasteiger partial charge < -0.3 is 10.2 Å². The molecular weight excluding hydrogens is 234 g/mol. The highest BCUT2D eigenvalue weighted by Gasteiger charge is 2.06. The van der Waals surface area contributed by atoms with Crippen molar-refractivity contribution in [1.82, 2.24) is 15.0 Å². The Hall–Kier alpha value is -1.69. The van der Waals surface area contributed by atoms with E-state index in [9.17, 15) is 0 Å². The highest BCUT2D eigenvalue weighted by molar-refractivity contribution is 7.07. The summed E-state index contributed by atoms with van der Waals surface area (Å²) in [6.45, 7) is 3.62. The fourth-order valence-corrected chi connectivity index (χ4v) is 2.00. The molecule has 0 saturated carbocycles. The minimum atomic E-state index is 0.744. The van der Waals surface area contributed by atoms with Crippen LogP contribution in [0.3, 0.4) is 0 Å². The number of hydrogen-bond acceptors (Lipinski definition) is 6. The molecule has 0 atom stereocenters. The molecular formula is C11H15N5S. The third-order valence-corrected chi connectivity index (χ3v) is 2.89. The zero-order chi connectivity index (χ0) is 12.1. The van der Waals surface area contributed by atoms with E-state index in [4.69, 9.17) is 0 Å². The second-order valence-electron chi connectivity index (χ2n) is 3.63. The lowest BCUT2D eigenvalue weighted by atomic mass is 10.4. The van der Waals surface area contributed by atoms with Crippen molar-refractivity contribution in [3.8, 4) is 0 Å². The molecule has 0 amide bonds. The van der Waals surface area contributed by atoms with Gasteiger partial charge in [0.05, 0.1) is 30.1 Å². The predicted octanol–water partition coefficient (Wildman–Crippen LogP) is 2.00. The normalized spacial score (nSPS) is 10.2. The van der Waals surface area contributed by atoms with E-state index in [1.807, 2.05) is 29.8 Å². The zero-order valence-corrected chi connectivity index (χ0v) is 10.7. The van der Waals surface area contributed by atoms with Crippen molar-refractivity contribution in [2.45, 2.75) is 13.5 Å². The Bertz CT molecular complexity index is 457. The molecule has 2 aromatic rings. The number of thiazole rings is 1. The summed E-state index contributed by atoms with van der Waals surface area (Å²) in [5.41, 5.74) is 2.89. The van der Waals surface area contributed by atoms with Gasteiger partial charge in [-0.15, -0.1) is 11.3 Å². The van der Waals surface area contributed by atoms with Crippen LogP contribution in [0.2, 0.25) is 0 Å². The summed E-state index contributed by atoms with van der Waals surface area (Å²) in [5.74, 6) is 1.64. The summed E-state index contributed by atoms with van der Waals surface area (Å²) in [4.78, 5) is 14.9. The van der Waals surface area contributed by atoms with Crippen molar-refractivity contribution >= 4 is 23.0 Å². The van der Waals surface area contributed by atoms with Crippen LogP contribution in [0.1, 0.15) is 12.6 Å². The standard InChI is InChI=1S/C11H15N5S/c1-3-13-10-4-12-5-11(15-10)16(2)6-9-7-17-8-14-9/h4-5,7-8H,3,6H2,1-2H3,(H,13,15). The van der Waals surface area contributed by atoms with Gasteiger partial charge in [0.15, 0.2) is 0 Å². The third kappa shape index (κ3) is 3.13. The molecule has 6 heteroatoms. The first-order chi connectivity index (χ1) is 8.29. The number of nitrogens with zero attached hydrogens (tertiary/aromatic N) is 4. The Kier molecular flexibility index (Phi) is 3.87. The molecule has 90 valence electrons. The van der Waals surface area contributed by atoms with Crippen LogP contribution >= 0.6 is 11.3 Å². The molecule has 2 aromatic heterocycles. The van der Waals surface area contributed by atoms with Gasteiger partial charge in [-0.3, -0.25) is 4.98 Å². The molecule has 0 aliphatic carbocycles. The predicted molar refractivity (Wildman–Crippen MR) is 70.4 cm³/mol. The van der Waals surface area contributed by atoms with E-state index >= 15 is 0 Å². The Morgan fingerprint density at radius 3 is 3.00 bits per heavy atom. The Morgan fingerprint density at radius 1 is 1.41 bits per heavy atom. The van der Waals surface area contributed by atoms with E-state index in [0.29, 0.717) is 0 Å². The molecule has 0 saturated heterocycles. The maximum Gasteiger partial charge on any atom is 0.149 e. The molecule has 17 heavy (non-hydrogen) atoms. The molecule has 0 radical (unpaired) electrons. The van der Waals surface area contributed by atoms with E-state index in [1.165, 1.54) is 0 Å². The lowest BCUT2D eigenvalue weighted by Crippen LogP contribution is -2.18. The number of rotatable bonds is 5. The summed E-state index contributed by atoms with van der Waals surface area (Å²) in [6, 6.07) is 0. The molecule has 0 bridgehead atoms. The van der Waals surface area contributed by atoms with Crippen LogP contribution in [0.5, 0.6) is 0 Å². The largest absolute Gasteiger partial charge is 0.369 e. The van der Waals surface area contributed by atoms with E-state index in [2.05, 4.69) is 20.3 Å². The van der Waals surface area contributed by atoms with Gasteiger partial charge in [0.25, 0.3) is 0 Å². The molecule has 0 aliphatic heterocycles. The van der Waals surface area contributed by atoms with Gasteiger partial charge in [-0.05, 0) is 6.92 Å². The van der Waals surface area contributed by atoms with Gasteiger partial charge in [0, 0.05) is 19.0 Å². The minimum Gasteiger partial charge on any atom is -0.369 e. The molecule has 0 unspecified atom stereocenters. The zero-order valence-electron chi connectivity index (χ0n) is 9.92. The molecule has 0 aromatic carbocycles. The number of hydrogen-bond donors (Lipinski definition) is 1.